The van der Waals surface area contributed by atoms with E-state index in [1.165, 1.54) is 16.8 Å². The van der Waals surface area contributed by atoms with Crippen molar-refractivity contribution in [3.8, 4) is 5.75 Å². The van der Waals surface area contributed by atoms with Crippen molar-refractivity contribution in [2.75, 3.05) is 13.7 Å². The van der Waals surface area contributed by atoms with Crippen molar-refractivity contribution in [1.29, 1.82) is 0 Å². The summed E-state index contributed by atoms with van der Waals surface area (Å²) in [6.45, 7) is 2.90. The number of nitrogens with one attached hydrogen (secondary N) is 1. The van der Waals surface area contributed by atoms with Gasteiger partial charge < -0.3 is 10.1 Å². The summed E-state index contributed by atoms with van der Waals surface area (Å²) >= 11 is 1.73. The molecule has 1 aliphatic heterocycles. The molecule has 21 heavy (non-hydrogen) atoms. The maximum Gasteiger partial charge on any atom is 0.122 e. The lowest BCUT2D eigenvalue weighted by Crippen LogP contribution is -2.28. The number of ether oxygens (including phenoxy) is 1. The maximum absolute atomic E-state index is 5.56. The predicted molar refractivity (Wildman–Crippen MR) is 87.4 cm³/mol. The van der Waals surface area contributed by atoms with Gasteiger partial charge in [-0.3, -0.25) is 0 Å². The third kappa shape index (κ3) is 3.63. The predicted octanol–water partition coefficient (Wildman–Crippen LogP) is 3.15. The second kappa shape index (κ2) is 6.58. The minimum Gasteiger partial charge on any atom is -0.493 e. The highest BCUT2D eigenvalue weighted by atomic mass is 32.1. The Kier molecular flexibility index (Phi) is 4.56. The second-order valence-electron chi connectivity index (χ2n) is 5.63. The van der Waals surface area contributed by atoms with E-state index in [0.717, 1.165) is 43.0 Å². The van der Waals surface area contributed by atoms with Crippen molar-refractivity contribution in [3.63, 3.8) is 0 Å². The van der Waals surface area contributed by atoms with Gasteiger partial charge in [0.15, 0.2) is 0 Å². The van der Waals surface area contributed by atoms with E-state index in [0.29, 0.717) is 6.04 Å². The highest BCUT2D eigenvalue weighted by Crippen LogP contribution is 2.26. The summed E-state index contributed by atoms with van der Waals surface area (Å²) in [5.74, 6) is 1.07. The van der Waals surface area contributed by atoms with Gasteiger partial charge in [-0.05, 0) is 44.0 Å². The number of nitrogens with zero attached hydrogens (tertiary/aromatic N) is 1. The van der Waals surface area contributed by atoms with E-state index in [9.17, 15) is 0 Å². The van der Waals surface area contributed by atoms with Gasteiger partial charge in [0.2, 0.25) is 0 Å². The van der Waals surface area contributed by atoms with Crippen molar-refractivity contribution in [1.82, 2.24) is 10.3 Å². The Morgan fingerprint density at radius 2 is 2.33 bits per heavy atom. The van der Waals surface area contributed by atoms with Crippen molar-refractivity contribution in [2.45, 2.75) is 38.6 Å². The number of thiazole rings is 1. The quantitative estimate of drug-likeness (QED) is 0.890. The molecule has 0 radical (unpaired) electrons. The largest absolute Gasteiger partial charge is 0.493 e. The van der Waals surface area contributed by atoms with E-state index < -0.39 is 0 Å². The standard InChI is InChI=1S/C17H22N2OS/c1-12-19-16(11-21-12)10-15(18-2)5-3-13-4-6-17-14(9-13)7-8-20-17/h4,6,9,11,15,18H,3,5,7-8,10H2,1-2H3. The topological polar surface area (TPSA) is 34.1 Å². The molecule has 0 bridgehead atoms. The van der Waals surface area contributed by atoms with Crippen LogP contribution in [0.5, 0.6) is 5.75 Å². The van der Waals surface area contributed by atoms with Crippen LogP contribution in [0, 0.1) is 6.92 Å². The van der Waals surface area contributed by atoms with Crippen molar-refractivity contribution in [3.05, 3.63) is 45.4 Å². The first kappa shape index (κ1) is 14.5. The summed E-state index contributed by atoms with van der Waals surface area (Å²) in [7, 11) is 2.04. The number of aromatic nitrogens is 1. The summed E-state index contributed by atoms with van der Waals surface area (Å²) < 4.78 is 5.56. The Morgan fingerprint density at radius 3 is 3.10 bits per heavy atom. The molecule has 0 fully saturated rings. The molecule has 3 nitrogen and oxygen atoms in total. The maximum atomic E-state index is 5.56. The van der Waals surface area contributed by atoms with Crippen LogP contribution in [0.3, 0.4) is 0 Å². The van der Waals surface area contributed by atoms with Gasteiger partial charge in [-0.25, -0.2) is 4.98 Å². The number of aryl methyl sites for hydroxylation is 2. The van der Waals surface area contributed by atoms with Crippen molar-refractivity contribution in [2.24, 2.45) is 0 Å². The zero-order chi connectivity index (χ0) is 14.7. The molecule has 1 aliphatic rings. The Balaban J connectivity index is 1.57. The summed E-state index contributed by atoms with van der Waals surface area (Å²) in [4.78, 5) is 4.56. The third-order valence-corrected chi connectivity index (χ3v) is 4.89. The van der Waals surface area contributed by atoms with Crippen LogP contribution in [0.1, 0.15) is 28.2 Å². The molecule has 112 valence electrons. The molecular weight excluding hydrogens is 280 g/mol. The molecule has 2 aromatic rings. The lowest BCUT2D eigenvalue weighted by molar-refractivity contribution is 0.357. The third-order valence-electron chi connectivity index (χ3n) is 4.07. The van der Waals surface area contributed by atoms with E-state index >= 15 is 0 Å². The van der Waals surface area contributed by atoms with Crippen molar-refractivity contribution >= 4 is 11.3 Å². The average Bonchev–Trinajstić information content (AvgIpc) is 3.11. The fourth-order valence-electron chi connectivity index (χ4n) is 2.84. The fourth-order valence-corrected chi connectivity index (χ4v) is 3.46. The first-order valence-corrected chi connectivity index (χ1v) is 8.45. The Bertz CT molecular complexity index is 609. The molecule has 0 saturated carbocycles. The molecular formula is C17H22N2OS. The Morgan fingerprint density at radius 1 is 1.43 bits per heavy atom. The van der Waals surface area contributed by atoms with E-state index in [1.54, 1.807) is 11.3 Å². The SMILES string of the molecule is CNC(CCc1ccc2c(c1)CCO2)Cc1csc(C)n1. The molecule has 3 rings (SSSR count). The Hall–Kier alpha value is -1.39. The molecule has 1 unspecified atom stereocenters. The zero-order valence-corrected chi connectivity index (χ0v) is 13.5. The number of rotatable bonds is 6. The van der Waals surface area contributed by atoms with E-state index in [4.69, 9.17) is 4.74 Å². The molecule has 2 heterocycles. The molecule has 1 aromatic carbocycles. The first-order valence-electron chi connectivity index (χ1n) is 7.57. The van der Waals surface area contributed by atoms with E-state index in [-0.39, 0.29) is 0 Å². The minimum atomic E-state index is 0.482. The minimum absolute atomic E-state index is 0.482. The van der Waals surface area contributed by atoms with Gasteiger partial charge in [0.25, 0.3) is 0 Å². The Labute approximate surface area is 130 Å². The van der Waals surface area contributed by atoms with Crippen LogP contribution < -0.4 is 10.1 Å². The molecule has 4 heteroatoms. The average molecular weight is 302 g/mol. The summed E-state index contributed by atoms with van der Waals surface area (Å²) in [6, 6.07) is 7.11. The number of benzene rings is 1. The number of hydrogen-bond donors (Lipinski definition) is 1. The van der Waals surface area contributed by atoms with Gasteiger partial charge >= 0.3 is 0 Å². The highest BCUT2D eigenvalue weighted by Gasteiger charge is 2.13. The summed E-state index contributed by atoms with van der Waals surface area (Å²) in [5, 5.41) is 6.75. The van der Waals surface area contributed by atoms with Gasteiger partial charge in [0, 0.05) is 24.3 Å². The molecule has 0 spiro atoms. The second-order valence-corrected chi connectivity index (χ2v) is 6.69. The normalized spacial score (nSPS) is 14.8. The zero-order valence-electron chi connectivity index (χ0n) is 12.7. The molecule has 0 amide bonds. The molecule has 1 aromatic heterocycles. The number of likely N-dealkylation sites (N-methyl/N-ethyl adjacent to an activating group) is 1. The van der Waals surface area contributed by atoms with Crippen LogP contribution in [0.4, 0.5) is 0 Å². The monoisotopic (exact) mass is 302 g/mol. The summed E-state index contributed by atoms with van der Waals surface area (Å²) in [6.07, 6.45) is 4.29. The molecule has 1 N–H and O–H groups in total. The molecule has 1 atom stereocenters. The van der Waals surface area contributed by atoms with E-state index in [2.05, 4.69) is 40.8 Å². The van der Waals surface area contributed by atoms with Crippen LogP contribution in [-0.4, -0.2) is 24.7 Å². The lowest BCUT2D eigenvalue weighted by Gasteiger charge is -2.15. The summed E-state index contributed by atoms with van der Waals surface area (Å²) in [5.41, 5.74) is 3.98. The van der Waals surface area contributed by atoms with Gasteiger partial charge in [-0.15, -0.1) is 11.3 Å². The highest BCUT2D eigenvalue weighted by molar-refractivity contribution is 7.09. The molecule has 0 aliphatic carbocycles. The van der Waals surface area contributed by atoms with Gasteiger partial charge in [-0.2, -0.15) is 0 Å². The lowest BCUT2D eigenvalue weighted by atomic mass is 10.00. The molecule has 0 saturated heterocycles. The van der Waals surface area contributed by atoms with E-state index in [1.807, 2.05) is 7.05 Å². The first-order chi connectivity index (χ1) is 10.2. The fraction of sp³-hybridized carbons (Fsp3) is 0.471. The van der Waals surface area contributed by atoms with Crippen LogP contribution in [-0.2, 0) is 19.3 Å². The van der Waals surface area contributed by atoms with Gasteiger partial charge in [0.1, 0.15) is 5.75 Å². The number of fused-ring (bicyclic) bond motifs is 1. The van der Waals surface area contributed by atoms with Crippen LogP contribution in [0.15, 0.2) is 23.6 Å². The van der Waals surface area contributed by atoms with Crippen LogP contribution in [0.2, 0.25) is 0 Å². The van der Waals surface area contributed by atoms with Crippen molar-refractivity contribution < 1.29 is 4.74 Å². The smallest absolute Gasteiger partial charge is 0.122 e. The van der Waals surface area contributed by atoms with Crippen LogP contribution in [0.25, 0.3) is 0 Å². The van der Waals surface area contributed by atoms with Crippen LogP contribution >= 0.6 is 11.3 Å². The van der Waals surface area contributed by atoms with Gasteiger partial charge in [0.05, 0.1) is 17.3 Å². The number of hydrogen-bond acceptors (Lipinski definition) is 4. The van der Waals surface area contributed by atoms with Gasteiger partial charge in [-0.1, -0.05) is 12.1 Å².